The van der Waals surface area contributed by atoms with Gasteiger partial charge in [-0.2, -0.15) is 0 Å². The minimum Gasteiger partial charge on any atom is -0.457 e. The van der Waals surface area contributed by atoms with Crippen molar-refractivity contribution in [3.05, 3.63) is 52.6 Å². The molecule has 0 atom stereocenters. The minimum atomic E-state index is -0.721. The van der Waals surface area contributed by atoms with Gasteiger partial charge in [-0.1, -0.05) is 6.07 Å². The topological polar surface area (TPSA) is 85.2 Å². The van der Waals surface area contributed by atoms with Crippen LogP contribution in [-0.4, -0.2) is 37.8 Å². The Balaban J connectivity index is 2.36. The van der Waals surface area contributed by atoms with Crippen LogP contribution >= 0.6 is 0 Å². The highest BCUT2D eigenvalue weighted by Gasteiger charge is 2.26. The highest BCUT2D eigenvalue weighted by molar-refractivity contribution is 5.90. The van der Waals surface area contributed by atoms with E-state index >= 15 is 0 Å². The number of hydrogen-bond acceptors (Lipinski definition) is 6. The van der Waals surface area contributed by atoms with E-state index in [1.54, 1.807) is 26.8 Å². The normalized spacial score (nSPS) is 10.9. The Hall–Kier alpha value is -3.29. The van der Waals surface area contributed by atoms with Gasteiger partial charge in [0, 0.05) is 45.0 Å². The number of rotatable bonds is 5. The molecule has 0 aromatic heterocycles. The van der Waals surface area contributed by atoms with Gasteiger partial charge in [-0.3, -0.25) is 15.0 Å². The predicted octanol–water partition coefficient (Wildman–Crippen LogP) is 4.82. The van der Waals surface area contributed by atoms with E-state index in [0.717, 1.165) is 10.6 Å². The Kier molecular flexibility index (Phi) is 6.12. The Morgan fingerprint density at radius 1 is 1.04 bits per heavy atom. The molecule has 0 saturated heterocycles. The molecular formula is C20H25N3O5. The second-order valence-corrected chi connectivity index (χ2v) is 7.44. The van der Waals surface area contributed by atoms with Crippen LogP contribution in [0.1, 0.15) is 20.8 Å². The van der Waals surface area contributed by atoms with Gasteiger partial charge in [-0.05, 0) is 39.0 Å². The van der Waals surface area contributed by atoms with Gasteiger partial charge in [-0.15, -0.1) is 0 Å². The SMILES string of the molecule is CN(C)c1cccc(Oc2ccc([N+](=O)[O-])c(N(C)C(=O)OC(C)(C)C)c2)c1. The lowest BCUT2D eigenvalue weighted by Gasteiger charge is -2.24. The molecule has 0 N–H and O–H groups in total. The first-order chi connectivity index (χ1) is 13.0. The van der Waals surface area contributed by atoms with Crippen molar-refractivity contribution in [1.29, 1.82) is 0 Å². The maximum absolute atomic E-state index is 12.4. The number of ether oxygens (including phenoxy) is 2. The maximum atomic E-state index is 12.4. The van der Waals surface area contributed by atoms with Crippen molar-refractivity contribution in [1.82, 2.24) is 0 Å². The molecule has 150 valence electrons. The van der Waals surface area contributed by atoms with E-state index in [9.17, 15) is 14.9 Å². The summed E-state index contributed by atoms with van der Waals surface area (Å²) in [6.07, 6.45) is -0.692. The number of benzene rings is 2. The standard InChI is InChI=1S/C20H25N3O5/c1-20(2,3)28-19(24)22(6)18-13-16(10-11-17(18)23(25)26)27-15-9-7-8-14(12-15)21(4)5/h7-13H,1-6H3. The molecular weight excluding hydrogens is 362 g/mol. The van der Waals surface area contributed by atoms with E-state index in [0.29, 0.717) is 11.5 Å². The molecule has 0 saturated carbocycles. The summed E-state index contributed by atoms with van der Waals surface area (Å²) in [6.45, 7) is 5.18. The summed E-state index contributed by atoms with van der Waals surface area (Å²) in [6, 6.07) is 11.7. The van der Waals surface area contributed by atoms with E-state index in [1.807, 2.05) is 37.2 Å². The fourth-order valence-corrected chi connectivity index (χ4v) is 2.38. The quantitative estimate of drug-likeness (QED) is 0.540. The summed E-state index contributed by atoms with van der Waals surface area (Å²) in [7, 11) is 5.25. The minimum absolute atomic E-state index is 0.0838. The third kappa shape index (κ3) is 5.35. The molecule has 2 rings (SSSR count). The van der Waals surface area contributed by atoms with Crippen LogP contribution in [0.3, 0.4) is 0 Å². The lowest BCUT2D eigenvalue weighted by molar-refractivity contribution is -0.384. The molecule has 0 unspecified atom stereocenters. The summed E-state index contributed by atoms with van der Waals surface area (Å²) < 4.78 is 11.2. The monoisotopic (exact) mass is 387 g/mol. The molecule has 28 heavy (non-hydrogen) atoms. The fourth-order valence-electron chi connectivity index (χ4n) is 2.38. The third-order valence-corrected chi connectivity index (χ3v) is 3.74. The van der Waals surface area contributed by atoms with Gasteiger partial charge in [0.15, 0.2) is 0 Å². The van der Waals surface area contributed by atoms with Crippen LogP contribution in [0.4, 0.5) is 21.9 Å². The number of amides is 1. The van der Waals surface area contributed by atoms with Crippen molar-refractivity contribution in [2.75, 3.05) is 30.9 Å². The number of carbonyl (C=O) groups excluding carboxylic acids is 1. The molecule has 0 fully saturated rings. The van der Waals surface area contributed by atoms with Crippen LogP contribution in [0.5, 0.6) is 11.5 Å². The lowest BCUT2D eigenvalue weighted by atomic mass is 10.2. The Labute approximate surface area is 164 Å². The maximum Gasteiger partial charge on any atom is 0.414 e. The van der Waals surface area contributed by atoms with Crippen LogP contribution < -0.4 is 14.5 Å². The molecule has 0 aliphatic carbocycles. The molecule has 0 heterocycles. The van der Waals surface area contributed by atoms with E-state index in [-0.39, 0.29) is 11.4 Å². The van der Waals surface area contributed by atoms with E-state index in [2.05, 4.69) is 0 Å². The van der Waals surface area contributed by atoms with Gasteiger partial charge in [0.05, 0.1) is 4.92 Å². The highest BCUT2D eigenvalue weighted by atomic mass is 16.6. The van der Waals surface area contributed by atoms with Gasteiger partial charge < -0.3 is 14.4 Å². The van der Waals surface area contributed by atoms with Crippen LogP contribution in [0, 0.1) is 10.1 Å². The number of nitro groups is 1. The number of hydrogen-bond donors (Lipinski definition) is 0. The summed E-state index contributed by atoms with van der Waals surface area (Å²) >= 11 is 0. The summed E-state index contributed by atoms with van der Waals surface area (Å²) in [5.41, 5.74) is 0.0923. The Morgan fingerprint density at radius 2 is 1.68 bits per heavy atom. The van der Waals surface area contributed by atoms with Crippen LogP contribution in [-0.2, 0) is 4.74 Å². The third-order valence-electron chi connectivity index (χ3n) is 3.74. The molecule has 0 spiro atoms. The zero-order valence-electron chi connectivity index (χ0n) is 16.9. The lowest BCUT2D eigenvalue weighted by Crippen LogP contribution is -2.34. The average molecular weight is 387 g/mol. The molecule has 1 amide bonds. The highest BCUT2D eigenvalue weighted by Crippen LogP contribution is 2.34. The van der Waals surface area contributed by atoms with Crippen molar-refractivity contribution in [3.63, 3.8) is 0 Å². The van der Waals surface area contributed by atoms with Gasteiger partial charge >= 0.3 is 6.09 Å². The van der Waals surface area contributed by atoms with Crippen molar-refractivity contribution >= 4 is 23.2 Å². The van der Waals surface area contributed by atoms with Crippen molar-refractivity contribution in [3.8, 4) is 11.5 Å². The van der Waals surface area contributed by atoms with Crippen LogP contribution in [0.25, 0.3) is 0 Å². The largest absolute Gasteiger partial charge is 0.457 e. The zero-order valence-corrected chi connectivity index (χ0v) is 16.9. The van der Waals surface area contributed by atoms with Gasteiger partial charge in [0.1, 0.15) is 22.8 Å². The van der Waals surface area contributed by atoms with Crippen LogP contribution in [0.15, 0.2) is 42.5 Å². The summed E-state index contributed by atoms with van der Waals surface area (Å²) in [4.78, 5) is 26.3. The molecule has 0 radical (unpaired) electrons. The number of nitro benzene ring substituents is 1. The van der Waals surface area contributed by atoms with E-state index < -0.39 is 16.6 Å². The zero-order chi connectivity index (χ0) is 21.1. The average Bonchev–Trinajstić information content (AvgIpc) is 2.59. The molecule has 8 nitrogen and oxygen atoms in total. The van der Waals surface area contributed by atoms with Crippen molar-refractivity contribution in [2.45, 2.75) is 26.4 Å². The van der Waals surface area contributed by atoms with Crippen molar-refractivity contribution in [2.24, 2.45) is 0 Å². The first-order valence-corrected chi connectivity index (χ1v) is 8.68. The van der Waals surface area contributed by atoms with Gasteiger partial charge in [-0.25, -0.2) is 4.79 Å². The predicted molar refractivity (Wildman–Crippen MR) is 109 cm³/mol. The van der Waals surface area contributed by atoms with Crippen molar-refractivity contribution < 1.29 is 19.2 Å². The first-order valence-electron chi connectivity index (χ1n) is 8.68. The number of anilines is 2. The molecule has 0 aliphatic heterocycles. The van der Waals surface area contributed by atoms with Crippen LogP contribution in [0.2, 0.25) is 0 Å². The molecule has 2 aromatic carbocycles. The molecule has 0 bridgehead atoms. The van der Waals surface area contributed by atoms with E-state index in [1.165, 1.54) is 25.2 Å². The second-order valence-electron chi connectivity index (χ2n) is 7.44. The van der Waals surface area contributed by atoms with Gasteiger partial charge in [0.2, 0.25) is 0 Å². The molecule has 0 aliphatic rings. The Morgan fingerprint density at radius 3 is 2.25 bits per heavy atom. The summed E-state index contributed by atoms with van der Waals surface area (Å²) in [5, 5.41) is 11.4. The Bertz CT molecular complexity index is 874. The smallest absolute Gasteiger partial charge is 0.414 e. The second kappa shape index (κ2) is 8.16. The first kappa shape index (κ1) is 21.0. The van der Waals surface area contributed by atoms with Gasteiger partial charge in [0.25, 0.3) is 5.69 Å². The number of carbonyl (C=O) groups is 1. The molecule has 2 aromatic rings. The molecule has 8 heteroatoms. The fraction of sp³-hybridized carbons (Fsp3) is 0.350. The van der Waals surface area contributed by atoms with E-state index in [4.69, 9.17) is 9.47 Å². The number of nitrogens with zero attached hydrogens (tertiary/aromatic N) is 3. The summed E-state index contributed by atoms with van der Waals surface area (Å²) in [5.74, 6) is 0.942.